The molecule has 1 aliphatic rings. The Kier molecular flexibility index (Phi) is 5.88. The average molecular weight is 356 g/mol. The first-order chi connectivity index (χ1) is 12.7. The standard InChI is InChI=1S/C19H24N4O3/c1-20-19(23-10-8-15(9-11-23)18(24)25-2)21-13-16-12-17(26-22-16)14-6-4-3-5-7-14/h3-7,12,15H,8-11,13H2,1-2H3,(H,20,21). The van der Waals surface area contributed by atoms with Gasteiger partial charge < -0.3 is 19.5 Å². The van der Waals surface area contributed by atoms with Gasteiger partial charge in [-0.25, -0.2) is 0 Å². The predicted molar refractivity (Wildman–Crippen MR) is 98.5 cm³/mol. The molecule has 138 valence electrons. The topological polar surface area (TPSA) is 80.0 Å². The Hall–Kier alpha value is -2.83. The molecule has 0 radical (unpaired) electrons. The molecule has 0 unspecified atom stereocenters. The number of aliphatic imine (C=N–C) groups is 1. The summed E-state index contributed by atoms with van der Waals surface area (Å²) in [5.74, 6) is 1.41. The molecule has 0 aliphatic carbocycles. The normalized spacial score (nSPS) is 15.8. The smallest absolute Gasteiger partial charge is 0.308 e. The lowest BCUT2D eigenvalue weighted by atomic mass is 9.97. The molecule has 1 aromatic heterocycles. The first-order valence-corrected chi connectivity index (χ1v) is 8.75. The number of likely N-dealkylation sites (tertiary alicyclic amines) is 1. The third kappa shape index (κ3) is 4.22. The van der Waals surface area contributed by atoms with Crippen LogP contribution in [0.15, 0.2) is 45.9 Å². The van der Waals surface area contributed by atoms with Crippen molar-refractivity contribution < 1.29 is 14.1 Å². The number of aromatic nitrogens is 1. The van der Waals surface area contributed by atoms with E-state index in [4.69, 9.17) is 9.26 Å². The fourth-order valence-corrected chi connectivity index (χ4v) is 3.13. The van der Waals surface area contributed by atoms with Crippen molar-refractivity contribution in [2.45, 2.75) is 19.4 Å². The van der Waals surface area contributed by atoms with Crippen molar-refractivity contribution in [3.8, 4) is 11.3 Å². The second-order valence-electron chi connectivity index (χ2n) is 6.23. The van der Waals surface area contributed by atoms with Gasteiger partial charge in [-0.2, -0.15) is 0 Å². The molecule has 1 aliphatic heterocycles. The van der Waals surface area contributed by atoms with Crippen molar-refractivity contribution in [3.63, 3.8) is 0 Å². The Morgan fingerprint density at radius 3 is 2.73 bits per heavy atom. The number of benzene rings is 1. The van der Waals surface area contributed by atoms with Gasteiger partial charge in [-0.3, -0.25) is 9.79 Å². The van der Waals surface area contributed by atoms with Crippen LogP contribution in [0, 0.1) is 5.92 Å². The van der Waals surface area contributed by atoms with Crippen LogP contribution in [-0.2, 0) is 16.1 Å². The summed E-state index contributed by atoms with van der Waals surface area (Å²) >= 11 is 0. The van der Waals surface area contributed by atoms with Crippen LogP contribution in [0.4, 0.5) is 0 Å². The van der Waals surface area contributed by atoms with E-state index in [0.717, 1.165) is 48.9 Å². The number of ether oxygens (including phenoxy) is 1. The molecule has 0 amide bonds. The van der Waals surface area contributed by atoms with E-state index < -0.39 is 0 Å². The number of hydrogen-bond acceptors (Lipinski definition) is 5. The van der Waals surface area contributed by atoms with Crippen LogP contribution in [0.3, 0.4) is 0 Å². The third-order valence-corrected chi connectivity index (χ3v) is 4.59. The molecule has 3 rings (SSSR count). The maximum absolute atomic E-state index is 11.6. The number of carbonyl (C=O) groups is 1. The van der Waals surface area contributed by atoms with Crippen LogP contribution in [-0.4, -0.2) is 49.2 Å². The molecule has 7 nitrogen and oxygen atoms in total. The van der Waals surface area contributed by atoms with E-state index in [-0.39, 0.29) is 11.9 Å². The van der Waals surface area contributed by atoms with Crippen LogP contribution in [0.5, 0.6) is 0 Å². The minimum Gasteiger partial charge on any atom is -0.469 e. The van der Waals surface area contributed by atoms with E-state index in [0.29, 0.717) is 6.54 Å². The maximum Gasteiger partial charge on any atom is 0.308 e. The number of methoxy groups -OCH3 is 1. The van der Waals surface area contributed by atoms with Gasteiger partial charge in [0.1, 0.15) is 5.69 Å². The van der Waals surface area contributed by atoms with Gasteiger partial charge >= 0.3 is 5.97 Å². The zero-order valence-corrected chi connectivity index (χ0v) is 15.1. The van der Waals surface area contributed by atoms with Gasteiger partial charge in [0, 0.05) is 31.8 Å². The Balaban J connectivity index is 1.54. The van der Waals surface area contributed by atoms with Gasteiger partial charge in [0.2, 0.25) is 0 Å². The van der Waals surface area contributed by atoms with Gasteiger partial charge in [-0.05, 0) is 12.8 Å². The molecule has 26 heavy (non-hydrogen) atoms. The summed E-state index contributed by atoms with van der Waals surface area (Å²) in [6.07, 6.45) is 1.55. The summed E-state index contributed by atoms with van der Waals surface area (Å²) < 4.78 is 10.3. The third-order valence-electron chi connectivity index (χ3n) is 4.59. The van der Waals surface area contributed by atoms with Crippen LogP contribution in [0.1, 0.15) is 18.5 Å². The minimum absolute atomic E-state index is 0.0154. The van der Waals surface area contributed by atoms with Crippen LogP contribution >= 0.6 is 0 Å². The SMILES string of the molecule is CN=C(NCc1cc(-c2ccccc2)on1)N1CCC(C(=O)OC)CC1. The zero-order chi connectivity index (χ0) is 18.4. The van der Waals surface area contributed by atoms with Gasteiger partial charge in [-0.1, -0.05) is 35.5 Å². The summed E-state index contributed by atoms with van der Waals surface area (Å²) in [6, 6.07) is 11.8. The Bertz CT molecular complexity index is 749. The van der Waals surface area contributed by atoms with Crippen molar-refractivity contribution in [3.05, 3.63) is 42.1 Å². The number of nitrogens with one attached hydrogen (secondary N) is 1. The maximum atomic E-state index is 11.6. The summed E-state index contributed by atoms with van der Waals surface area (Å²) in [7, 11) is 3.20. The molecule has 2 aromatic rings. The number of rotatable bonds is 4. The van der Waals surface area contributed by atoms with Crippen molar-refractivity contribution in [2.24, 2.45) is 10.9 Å². The van der Waals surface area contributed by atoms with Gasteiger partial charge in [0.15, 0.2) is 11.7 Å². The van der Waals surface area contributed by atoms with E-state index in [2.05, 4.69) is 20.4 Å². The zero-order valence-electron chi connectivity index (χ0n) is 15.1. The molecule has 0 spiro atoms. The fourth-order valence-electron chi connectivity index (χ4n) is 3.13. The largest absolute Gasteiger partial charge is 0.469 e. The number of carbonyl (C=O) groups excluding carboxylic acids is 1. The summed E-state index contributed by atoms with van der Waals surface area (Å²) in [4.78, 5) is 18.1. The molecule has 2 heterocycles. The average Bonchev–Trinajstić information content (AvgIpc) is 3.18. The highest BCUT2D eigenvalue weighted by atomic mass is 16.5. The van der Waals surface area contributed by atoms with Crippen molar-refractivity contribution in [1.29, 1.82) is 0 Å². The van der Waals surface area contributed by atoms with E-state index in [1.807, 2.05) is 36.4 Å². The predicted octanol–water partition coefficient (Wildman–Crippen LogP) is 2.30. The Morgan fingerprint density at radius 2 is 2.08 bits per heavy atom. The van der Waals surface area contributed by atoms with Gasteiger partial charge in [0.05, 0.1) is 19.6 Å². The van der Waals surface area contributed by atoms with Crippen LogP contribution in [0.2, 0.25) is 0 Å². The highest BCUT2D eigenvalue weighted by Crippen LogP contribution is 2.20. The lowest BCUT2D eigenvalue weighted by Gasteiger charge is -2.33. The molecule has 0 bridgehead atoms. The van der Waals surface area contributed by atoms with Crippen LogP contribution in [0.25, 0.3) is 11.3 Å². The fraction of sp³-hybridized carbons (Fsp3) is 0.421. The van der Waals surface area contributed by atoms with Crippen molar-refractivity contribution in [2.75, 3.05) is 27.2 Å². The molecule has 1 aromatic carbocycles. The van der Waals surface area contributed by atoms with E-state index in [1.54, 1.807) is 7.05 Å². The van der Waals surface area contributed by atoms with Gasteiger partial charge in [-0.15, -0.1) is 0 Å². The van der Waals surface area contributed by atoms with Crippen molar-refractivity contribution >= 4 is 11.9 Å². The highest BCUT2D eigenvalue weighted by Gasteiger charge is 2.27. The molecular formula is C19H24N4O3. The Labute approximate surface area is 153 Å². The summed E-state index contributed by atoms with van der Waals surface area (Å²) in [5.41, 5.74) is 1.81. The quantitative estimate of drug-likeness (QED) is 0.514. The molecular weight excluding hydrogens is 332 g/mol. The first-order valence-electron chi connectivity index (χ1n) is 8.75. The number of hydrogen-bond donors (Lipinski definition) is 1. The number of esters is 1. The highest BCUT2D eigenvalue weighted by molar-refractivity contribution is 5.80. The van der Waals surface area contributed by atoms with Crippen molar-refractivity contribution in [1.82, 2.24) is 15.4 Å². The second-order valence-corrected chi connectivity index (χ2v) is 6.23. The molecule has 1 fully saturated rings. The number of nitrogens with zero attached hydrogens (tertiary/aromatic N) is 3. The lowest BCUT2D eigenvalue weighted by molar-refractivity contribution is -0.146. The molecule has 1 saturated heterocycles. The summed E-state index contributed by atoms with van der Waals surface area (Å²) in [5, 5.41) is 7.43. The minimum atomic E-state index is -0.122. The first kappa shape index (κ1) is 18.0. The monoisotopic (exact) mass is 356 g/mol. The Morgan fingerprint density at radius 1 is 1.35 bits per heavy atom. The molecule has 7 heteroatoms. The molecule has 0 atom stereocenters. The second kappa shape index (κ2) is 8.51. The van der Waals surface area contributed by atoms with Gasteiger partial charge in [0.25, 0.3) is 0 Å². The summed E-state index contributed by atoms with van der Waals surface area (Å²) in [6.45, 7) is 2.07. The lowest BCUT2D eigenvalue weighted by Crippen LogP contribution is -2.46. The molecule has 0 saturated carbocycles. The molecule has 1 N–H and O–H groups in total. The van der Waals surface area contributed by atoms with E-state index >= 15 is 0 Å². The number of guanidine groups is 1. The van der Waals surface area contributed by atoms with E-state index in [1.165, 1.54) is 7.11 Å². The number of piperidine rings is 1. The van der Waals surface area contributed by atoms with Crippen LogP contribution < -0.4 is 5.32 Å². The van der Waals surface area contributed by atoms with E-state index in [9.17, 15) is 4.79 Å².